The van der Waals surface area contributed by atoms with Gasteiger partial charge in [0.25, 0.3) is 0 Å². The topological polar surface area (TPSA) is 55.1 Å². The number of carbonyl (C=O) groups excluding carboxylic acids is 1. The maximum atomic E-state index is 11.4. The Hall–Kier alpha value is -0.570. The van der Waals surface area contributed by atoms with Crippen LogP contribution in [0.25, 0.3) is 0 Å². The summed E-state index contributed by atoms with van der Waals surface area (Å²) in [5.41, 5.74) is 5.75. The fourth-order valence-corrected chi connectivity index (χ4v) is 0.935. The Bertz CT molecular complexity index is 157. The number of hydrogen-bond donors (Lipinski definition) is 2. The first-order chi connectivity index (χ1) is 5.99. The molecule has 0 aromatic carbocycles. The molecule has 0 aliphatic heterocycles. The molecule has 13 heavy (non-hydrogen) atoms. The summed E-state index contributed by atoms with van der Waals surface area (Å²) in [5, 5.41) is 2.83. The fraction of sp³-hybridized carbons (Fsp3) is 0.900. The minimum absolute atomic E-state index is 0.0250. The van der Waals surface area contributed by atoms with Crippen molar-refractivity contribution in [1.82, 2.24) is 5.32 Å². The van der Waals surface area contributed by atoms with Crippen molar-refractivity contribution in [2.75, 3.05) is 6.54 Å². The predicted molar refractivity (Wildman–Crippen MR) is 55.3 cm³/mol. The first kappa shape index (κ1) is 12.4. The summed E-state index contributed by atoms with van der Waals surface area (Å²) >= 11 is 0. The summed E-state index contributed by atoms with van der Waals surface area (Å²) < 4.78 is 0. The summed E-state index contributed by atoms with van der Waals surface area (Å²) in [6.45, 7) is 8.88. The van der Waals surface area contributed by atoms with E-state index in [1.165, 1.54) is 0 Å². The molecule has 3 heteroatoms. The first-order valence-corrected chi connectivity index (χ1v) is 5.02. The zero-order valence-electron chi connectivity index (χ0n) is 9.13. The lowest BCUT2D eigenvalue weighted by atomic mass is 9.99. The Morgan fingerprint density at radius 3 is 2.31 bits per heavy atom. The van der Waals surface area contributed by atoms with Gasteiger partial charge in [-0.3, -0.25) is 4.79 Å². The normalized spacial score (nSPS) is 15.5. The molecule has 0 rings (SSSR count). The van der Waals surface area contributed by atoms with Gasteiger partial charge in [0, 0.05) is 6.54 Å². The molecule has 0 bridgehead atoms. The molecule has 0 aromatic heterocycles. The Kier molecular flexibility index (Phi) is 5.71. The van der Waals surface area contributed by atoms with Crippen LogP contribution in [0.15, 0.2) is 0 Å². The van der Waals surface area contributed by atoms with Crippen molar-refractivity contribution in [3.8, 4) is 0 Å². The van der Waals surface area contributed by atoms with Gasteiger partial charge in [-0.15, -0.1) is 0 Å². The highest BCUT2D eigenvalue weighted by atomic mass is 16.2. The van der Waals surface area contributed by atoms with Crippen LogP contribution in [0.2, 0.25) is 0 Å². The van der Waals surface area contributed by atoms with E-state index in [4.69, 9.17) is 5.73 Å². The van der Waals surface area contributed by atoms with Crippen LogP contribution < -0.4 is 11.1 Å². The number of nitrogens with one attached hydrogen (secondary N) is 1. The van der Waals surface area contributed by atoms with Crippen LogP contribution in [0.1, 0.15) is 34.1 Å². The monoisotopic (exact) mass is 186 g/mol. The van der Waals surface area contributed by atoms with E-state index in [0.717, 1.165) is 6.42 Å². The number of hydrogen-bond acceptors (Lipinski definition) is 2. The average molecular weight is 186 g/mol. The van der Waals surface area contributed by atoms with Crippen LogP contribution >= 0.6 is 0 Å². The third-order valence-electron chi connectivity index (χ3n) is 2.24. The van der Waals surface area contributed by atoms with E-state index in [1.807, 2.05) is 13.8 Å². The van der Waals surface area contributed by atoms with E-state index in [-0.39, 0.29) is 17.9 Å². The van der Waals surface area contributed by atoms with Gasteiger partial charge in [0.15, 0.2) is 0 Å². The van der Waals surface area contributed by atoms with Gasteiger partial charge in [-0.2, -0.15) is 0 Å². The lowest BCUT2D eigenvalue weighted by Crippen LogP contribution is -2.45. The van der Waals surface area contributed by atoms with E-state index in [0.29, 0.717) is 12.5 Å². The van der Waals surface area contributed by atoms with Crippen molar-refractivity contribution in [2.24, 2.45) is 17.6 Å². The molecule has 1 amide bonds. The van der Waals surface area contributed by atoms with Crippen molar-refractivity contribution < 1.29 is 4.79 Å². The Labute approximate surface area is 81.1 Å². The predicted octanol–water partition coefficient (Wildman–Crippen LogP) is 1.13. The third-order valence-corrected chi connectivity index (χ3v) is 2.24. The number of amides is 1. The molecule has 0 unspecified atom stereocenters. The summed E-state index contributed by atoms with van der Waals surface area (Å²) in [7, 11) is 0. The Morgan fingerprint density at radius 1 is 1.38 bits per heavy atom. The van der Waals surface area contributed by atoms with Gasteiger partial charge in [-0.1, -0.05) is 34.1 Å². The first-order valence-electron chi connectivity index (χ1n) is 5.02. The molecule has 0 radical (unpaired) electrons. The Balaban J connectivity index is 3.82. The van der Waals surface area contributed by atoms with E-state index in [1.54, 1.807) is 0 Å². The Morgan fingerprint density at radius 2 is 1.92 bits per heavy atom. The molecule has 0 saturated heterocycles. The summed E-state index contributed by atoms with van der Waals surface area (Å²) in [6, 6.07) is -0.358. The van der Waals surface area contributed by atoms with E-state index >= 15 is 0 Å². The summed E-state index contributed by atoms with van der Waals surface area (Å²) in [4.78, 5) is 11.4. The molecular formula is C10H22N2O. The van der Waals surface area contributed by atoms with Gasteiger partial charge in [-0.25, -0.2) is 0 Å². The molecule has 0 aliphatic rings. The minimum Gasteiger partial charge on any atom is -0.354 e. The van der Waals surface area contributed by atoms with Crippen molar-refractivity contribution in [3.05, 3.63) is 0 Å². The summed E-state index contributed by atoms with van der Waals surface area (Å²) in [6.07, 6.45) is 0.941. The van der Waals surface area contributed by atoms with Crippen LogP contribution in [0.3, 0.4) is 0 Å². The highest BCUT2D eigenvalue weighted by molar-refractivity contribution is 5.81. The lowest BCUT2D eigenvalue weighted by molar-refractivity contribution is -0.123. The molecule has 0 aromatic rings. The zero-order valence-corrected chi connectivity index (χ0v) is 9.13. The second kappa shape index (κ2) is 5.97. The van der Waals surface area contributed by atoms with Gasteiger partial charge in [0.1, 0.15) is 0 Å². The van der Waals surface area contributed by atoms with Gasteiger partial charge in [0.05, 0.1) is 6.04 Å². The molecule has 0 aliphatic carbocycles. The maximum absolute atomic E-state index is 11.4. The van der Waals surface area contributed by atoms with Gasteiger partial charge in [-0.05, 0) is 11.8 Å². The molecule has 0 heterocycles. The van der Waals surface area contributed by atoms with Gasteiger partial charge >= 0.3 is 0 Å². The number of nitrogens with two attached hydrogens (primary N) is 1. The SMILES string of the molecule is CC[C@@H](C)[C@H](N)C(=O)NCC(C)C. The molecule has 3 nitrogen and oxygen atoms in total. The lowest BCUT2D eigenvalue weighted by Gasteiger charge is -2.18. The summed E-state index contributed by atoms with van der Waals surface area (Å²) in [5.74, 6) is 0.711. The van der Waals surface area contributed by atoms with Crippen molar-refractivity contribution in [1.29, 1.82) is 0 Å². The third kappa shape index (κ3) is 4.88. The van der Waals surface area contributed by atoms with E-state index < -0.39 is 0 Å². The van der Waals surface area contributed by atoms with Gasteiger partial charge in [0.2, 0.25) is 5.91 Å². The van der Waals surface area contributed by atoms with E-state index in [2.05, 4.69) is 19.2 Å². The molecule has 3 N–H and O–H groups in total. The zero-order chi connectivity index (χ0) is 10.4. The van der Waals surface area contributed by atoms with E-state index in [9.17, 15) is 4.79 Å². The van der Waals surface area contributed by atoms with Crippen LogP contribution in [0.5, 0.6) is 0 Å². The molecule has 78 valence electrons. The molecule has 2 atom stereocenters. The van der Waals surface area contributed by atoms with Gasteiger partial charge < -0.3 is 11.1 Å². The van der Waals surface area contributed by atoms with Crippen LogP contribution in [-0.4, -0.2) is 18.5 Å². The largest absolute Gasteiger partial charge is 0.354 e. The fourth-order valence-electron chi connectivity index (χ4n) is 0.935. The van der Waals surface area contributed by atoms with Crippen molar-refractivity contribution in [3.63, 3.8) is 0 Å². The number of carbonyl (C=O) groups is 1. The molecular weight excluding hydrogens is 164 g/mol. The molecule has 0 saturated carbocycles. The van der Waals surface area contributed by atoms with Crippen LogP contribution in [0, 0.1) is 11.8 Å². The minimum atomic E-state index is -0.358. The molecule has 0 fully saturated rings. The second-order valence-electron chi connectivity index (χ2n) is 4.05. The average Bonchev–Trinajstić information content (AvgIpc) is 2.11. The number of rotatable bonds is 5. The van der Waals surface area contributed by atoms with Crippen LogP contribution in [-0.2, 0) is 4.79 Å². The van der Waals surface area contributed by atoms with Crippen molar-refractivity contribution in [2.45, 2.75) is 40.2 Å². The van der Waals surface area contributed by atoms with Crippen molar-refractivity contribution >= 4 is 5.91 Å². The maximum Gasteiger partial charge on any atom is 0.237 e. The highest BCUT2D eigenvalue weighted by Gasteiger charge is 2.18. The molecule has 0 spiro atoms. The quantitative estimate of drug-likeness (QED) is 0.676. The second-order valence-corrected chi connectivity index (χ2v) is 4.05. The highest BCUT2D eigenvalue weighted by Crippen LogP contribution is 2.05. The van der Waals surface area contributed by atoms with Crippen LogP contribution in [0.4, 0.5) is 0 Å². The standard InChI is InChI=1S/C10H22N2O/c1-5-8(4)9(11)10(13)12-6-7(2)3/h7-9H,5-6,11H2,1-4H3,(H,12,13)/t8-,9+/m1/s1. The smallest absolute Gasteiger partial charge is 0.237 e.